The van der Waals surface area contributed by atoms with Gasteiger partial charge in [0.15, 0.2) is 0 Å². The summed E-state index contributed by atoms with van der Waals surface area (Å²) in [5.41, 5.74) is 5.16. The lowest BCUT2D eigenvalue weighted by molar-refractivity contribution is -0.111. The number of rotatable bonds is 0. The first-order valence-electron chi connectivity index (χ1n) is 5.98. The quantitative estimate of drug-likeness (QED) is 0.707. The van der Waals surface area contributed by atoms with E-state index in [1.807, 2.05) is 48.5 Å². The van der Waals surface area contributed by atoms with E-state index in [0.717, 1.165) is 22.0 Å². The van der Waals surface area contributed by atoms with Crippen molar-refractivity contribution >= 4 is 23.0 Å². The Labute approximate surface area is 108 Å². The fourth-order valence-corrected chi connectivity index (χ4v) is 2.40. The highest BCUT2D eigenvalue weighted by atomic mass is 16.2. The standard InChI is InChI=1S/C14H10N4O/c19-14-13-9-5-1-2-6-10(9)16-17-18(13)12-8-4-3-7-11(12)15-14/h1-8,17H,(H,15,19). The van der Waals surface area contributed by atoms with Gasteiger partial charge in [-0.15, -0.1) is 0 Å². The van der Waals surface area contributed by atoms with Crippen LogP contribution in [0.25, 0.3) is 5.70 Å². The third kappa shape index (κ3) is 1.35. The van der Waals surface area contributed by atoms with Gasteiger partial charge < -0.3 is 5.32 Å². The molecule has 0 unspecified atom stereocenters. The predicted octanol–water partition coefficient (Wildman–Crippen LogP) is 0.306. The highest BCUT2D eigenvalue weighted by molar-refractivity contribution is 6.27. The fourth-order valence-electron chi connectivity index (χ4n) is 2.40. The van der Waals surface area contributed by atoms with Gasteiger partial charge in [0.25, 0.3) is 5.91 Å². The van der Waals surface area contributed by atoms with E-state index in [2.05, 4.69) is 16.0 Å². The maximum atomic E-state index is 12.3. The molecule has 5 nitrogen and oxygen atoms in total. The van der Waals surface area contributed by atoms with Gasteiger partial charge in [-0.3, -0.25) is 4.79 Å². The van der Waals surface area contributed by atoms with Gasteiger partial charge >= 0.3 is 0 Å². The predicted molar refractivity (Wildman–Crippen MR) is 71.3 cm³/mol. The maximum absolute atomic E-state index is 12.3. The van der Waals surface area contributed by atoms with Gasteiger partial charge in [-0.05, 0) is 18.2 Å². The zero-order chi connectivity index (χ0) is 12.8. The van der Waals surface area contributed by atoms with Gasteiger partial charge in [-0.2, -0.15) is 5.10 Å². The van der Waals surface area contributed by atoms with Crippen LogP contribution in [-0.2, 0) is 4.79 Å². The Morgan fingerprint density at radius 3 is 2.74 bits per heavy atom. The highest BCUT2D eigenvalue weighted by Crippen LogP contribution is 2.32. The molecule has 0 aromatic heterocycles. The van der Waals surface area contributed by atoms with Crippen LogP contribution in [-0.4, -0.2) is 5.91 Å². The minimum atomic E-state index is -0.131. The van der Waals surface area contributed by atoms with Crippen LogP contribution in [0.3, 0.4) is 0 Å². The third-order valence-electron chi connectivity index (χ3n) is 3.26. The monoisotopic (exact) mass is 250 g/mol. The first-order chi connectivity index (χ1) is 9.34. The van der Waals surface area contributed by atoms with Crippen LogP contribution >= 0.6 is 0 Å². The van der Waals surface area contributed by atoms with Crippen molar-refractivity contribution in [3.8, 4) is 0 Å². The van der Waals surface area contributed by atoms with E-state index >= 15 is 0 Å². The first-order valence-corrected chi connectivity index (χ1v) is 5.98. The van der Waals surface area contributed by atoms with Gasteiger partial charge in [-0.1, -0.05) is 30.3 Å². The molecule has 2 aliphatic heterocycles. The average molecular weight is 250 g/mol. The Morgan fingerprint density at radius 2 is 1.79 bits per heavy atom. The minimum absolute atomic E-state index is 0.131. The van der Waals surface area contributed by atoms with E-state index in [-0.39, 0.29) is 5.91 Å². The molecular weight excluding hydrogens is 240 g/mol. The molecule has 0 saturated carbocycles. The minimum Gasteiger partial charge on any atom is -0.319 e. The van der Waals surface area contributed by atoms with Crippen molar-refractivity contribution in [3.63, 3.8) is 0 Å². The van der Waals surface area contributed by atoms with E-state index in [9.17, 15) is 4.79 Å². The van der Waals surface area contributed by atoms with E-state index < -0.39 is 0 Å². The molecule has 2 aliphatic rings. The Bertz CT molecular complexity index is 812. The Hall–Kier alpha value is -2.82. The van der Waals surface area contributed by atoms with E-state index in [0.29, 0.717) is 5.70 Å². The normalized spacial score (nSPS) is 15.5. The van der Waals surface area contributed by atoms with E-state index in [1.54, 1.807) is 5.01 Å². The smallest absolute Gasteiger partial charge is 0.275 e. The Kier molecular flexibility index (Phi) is 1.91. The number of hydrogen-bond acceptors (Lipinski definition) is 4. The second kappa shape index (κ2) is 3.58. The molecule has 0 fully saturated rings. The molecule has 0 saturated heterocycles. The molecule has 0 spiro atoms. The van der Waals surface area contributed by atoms with Gasteiger partial charge in [0.05, 0.1) is 16.7 Å². The largest absolute Gasteiger partial charge is 0.319 e. The SMILES string of the molecule is O=C1Nc2ccccc2N2NN=c3ccccc3=C12. The van der Waals surface area contributed by atoms with E-state index in [1.165, 1.54) is 0 Å². The van der Waals surface area contributed by atoms with Crippen LogP contribution in [0, 0.1) is 0 Å². The number of hydrogen-bond donors (Lipinski definition) is 2. The van der Waals surface area contributed by atoms with E-state index in [4.69, 9.17) is 0 Å². The van der Waals surface area contributed by atoms with Crippen molar-refractivity contribution in [3.05, 3.63) is 59.1 Å². The molecule has 2 aromatic carbocycles. The molecule has 0 aliphatic carbocycles. The number of nitrogens with zero attached hydrogens (tertiary/aromatic N) is 2. The molecule has 92 valence electrons. The van der Waals surface area contributed by atoms with Crippen LogP contribution in [0.4, 0.5) is 11.4 Å². The van der Waals surface area contributed by atoms with Crippen molar-refractivity contribution in [1.82, 2.24) is 5.53 Å². The molecule has 4 rings (SSSR count). The second-order valence-corrected chi connectivity index (χ2v) is 4.38. The summed E-state index contributed by atoms with van der Waals surface area (Å²) in [5.74, 6) is -0.131. The number of anilines is 2. The number of amides is 1. The van der Waals surface area contributed by atoms with Crippen LogP contribution in [0.15, 0.2) is 53.6 Å². The molecule has 5 heteroatoms. The van der Waals surface area contributed by atoms with Crippen LogP contribution in [0.5, 0.6) is 0 Å². The number of para-hydroxylation sites is 3. The summed E-state index contributed by atoms with van der Waals surface area (Å²) in [6, 6.07) is 15.2. The van der Waals surface area contributed by atoms with Gasteiger partial charge in [0.2, 0.25) is 0 Å². The molecule has 2 N–H and O–H groups in total. The number of benzene rings is 2. The zero-order valence-electron chi connectivity index (χ0n) is 9.92. The number of fused-ring (bicyclic) bond motifs is 4. The Morgan fingerprint density at radius 1 is 1.00 bits per heavy atom. The summed E-state index contributed by atoms with van der Waals surface area (Å²) in [5, 5.41) is 10.5. The van der Waals surface area contributed by atoms with Crippen LogP contribution in [0.2, 0.25) is 0 Å². The molecule has 2 aromatic rings. The summed E-state index contributed by atoms with van der Waals surface area (Å²) in [4.78, 5) is 12.3. The molecule has 1 amide bonds. The van der Waals surface area contributed by atoms with Crippen molar-refractivity contribution in [2.75, 3.05) is 10.3 Å². The summed E-state index contributed by atoms with van der Waals surface area (Å²) >= 11 is 0. The number of carbonyl (C=O) groups is 1. The van der Waals surface area contributed by atoms with Crippen LogP contribution < -0.4 is 26.4 Å². The summed E-state index contributed by atoms with van der Waals surface area (Å²) in [6.07, 6.45) is 0. The lowest BCUT2D eigenvalue weighted by Gasteiger charge is -2.33. The lowest BCUT2D eigenvalue weighted by atomic mass is 10.1. The van der Waals surface area contributed by atoms with Gasteiger partial charge in [0, 0.05) is 5.22 Å². The fraction of sp³-hybridized carbons (Fsp3) is 0. The summed E-state index contributed by atoms with van der Waals surface area (Å²) < 4.78 is 0. The van der Waals surface area contributed by atoms with Gasteiger partial charge in [-0.25, -0.2) is 10.5 Å². The average Bonchev–Trinajstić information content (AvgIpc) is 2.46. The topological polar surface area (TPSA) is 56.7 Å². The second-order valence-electron chi connectivity index (χ2n) is 4.38. The van der Waals surface area contributed by atoms with Crippen molar-refractivity contribution < 1.29 is 4.79 Å². The maximum Gasteiger partial charge on any atom is 0.275 e. The molecule has 19 heavy (non-hydrogen) atoms. The lowest BCUT2D eigenvalue weighted by Crippen LogP contribution is -2.52. The Balaban J connectivity index is 2.08. The molecule has 0 atom stereocenters. The summed E-state index contributed by atoms with van der Waals surface area (Å²) in [6.45, 7) is 0. The highest BCUT2D eigenvalue weighted by Gasteiger charge is 2.29. The molecule has 0 bridgehead atoms. The summed E-state index contributed by atoms with van der Waals surface area (Å²) in [7, 11) is 0. The first kappa shape index (κ1) is 10.1. The molecular formula is C14H10N4O. The third-order valence-corrected chi connectivity index (χ3v) is 3.26. The van der Waals surface area contributed by atoms with Crippen molar-refractivity contribution in [1.29, 1.82) is 0 Å². The van der Waals surface area contributed by atoms with Crippen LogP contribution in [0.1, 0.15) is 0 Å². The molecule has 2 heterocycles. The zero-order valence-corrected chi connectivity index (χ0v) is 9.92. The van der Waals surface area contributed by atoms with Crippen molar-refractivity contribution in [2.45, 2.75) is 0 Å². The van der Waals surface area contributed by atoms with Crippen molar-refractivity contribution in [2.24, 2.45) is 5.10 Å². The van der Waals surface area contributed by atoms with Gasteiger partial charge in [0.1, 0.15) is 5.70 Å². The number of carbonyl (C=O) groups excluding carboxylic acids is 1. The number of nitrogens with one attached hydrogen (secondary N) is 2. The number of hydrazine groups is 1. The molecule has 0 radical (unpaired) electrons.